The molecule has 3 nitrogen and oxygen atoms in total. The van der Waals surface area contributed by atoms with Gasteiger partial charge in [-0.1, -0.05) is 24.3 Å². The first-order valence-electron chi connectivity index (χ1n) is 8.85. The van der Waals surface area contributed by atoms with Crippen molar-refractivity contribution in [1.82, 2.24) is 4.98 Å². The zero-order valence-corrected chi connectivity index (χ0v) is 14.6. The molecule has 3 aromatic rings. The summed E-state index contributed by atoms with van der Waals surface area (Å²) in [5.41, 5.74) is 1.91. The van der Waals surface area contributed by atoms with Gasteiger partial charge >= 0.3 is 0 Å². The fraction of sp³-hybridized carbons (Fsp3) is 0.182. The van der Waals surface area contributed by atoms with E-state index in [-0.39, 0.29) is 35.9 Å². The lowest BCUT2D eigenvalue weighted by atomic mass is 10.1. The van der Waals surface area contributed by atoms with Crippen molar-refractivity contribution in [1.29, 1.82) is 0 Å². The summed E-state index contributed by atoms with van der Waals surface area (Å²) >= 11 is 0. The van der Waals surface area contributed by atoms with E-state index in [1.54, 1.807) is 41.4 Å². The first-order chi connectivity index (χ1) is 13.1. The lowest BCUT2D eigenvalue weighted by Crippen LogP contribution is -2.32. The molecule has 0 saturated heterocycles. The van der Waals surface area contributed by atoms with Crippen molar-refractivity contribution in [2.24, 2.45) is 5.92 Å². The van der Waals surface area contributed by atoms with Crippen LogP contribution in [-0.4, -0.2) is 10.9 Å². The summed E-state index contributed by atoms with van der Waals surface area (Å²) in [5.74, 6) is -1.14. The SMILES string of the molecule is O=C([C@@H]1C[C@@H]1c1ccccc1F)N(Cc1ccccn1)c1ccc(F)cc1. The molecule has 27 heavy (non-hydrogen) atoms. The summed E-state index contributed by atoms with van der Waals surface area (Å²) in [7, 11) is 0. The van der Waals surface area contributed by atoms with Crippen LogP contribution in [0.25, 0.3) is 0 Å². The van der Waals surface area contributed by atoms with Crippen LogP contribution in [0.2, 0.25) is 0 Å². The Morgan fingerprint density at radius 2 is 1.74 bits per heavy atom. The van der Waals surface area contributed by atoms with Crippen LogP contribution >= 0.6 is 0 Å². The minimum atomic E-state index is -0.361. The van der Waals surface area contributed by atoms with Crippen LogP contribution in [0.4, 0.5) is 14.5 Å². The number of hydrogen-bond acceptors (Lipinski definition) is 2. The molecule has 5 heteroatoms. The third-order valence-electron chi connectivity index (χ3n) is 4.86. The minimum absolute atomic E-state index is 0.0967. The molecule has 0 radical (unpaired) electrons. The van der Waals surface area contributed by atoms with Gasteiger partial charge in [-0.3, -0.25) is 9.78 Å². The van der Waals surface area contributed by atoms with Gasteiger partial charge in [-0.05, 0) is 60.4 Å². The van der Waals surface area contributed by atoms with Gasteiger partial charge in [0.15, 0.2) is 0 Å². The second-order valence-corrected chi connectivity index (χ2v) is 6.69. The van der Waals surface area contributed by atoms with E-state index < -0.39 is 0 Å². The van der Waals surface area contributed by atoms with Crippen LogP contribution in [0.15, 0.2) is 72.9 Å². The normalized spacial score (nSPS) is 18.1. The quantitative estimate of drug-likeness (QED) is 0.658. The van der Waals surface area contributed by atoms with Gasteiger partial charge in [0.1, 0.15) is 11.6 Å². The van der Waals surface area contributed by atoms with Gasteiger partial charge in [-0.15, -0.1) is 0 Å². The number of amides is 1. The largest absolute Gasteiger partial charge is 0.306 e. The molecule has 0 N–H and O–H groups in total. The van der Waals surface area contributed by atoms with Gasteiger partial charge in [0.05, 0.1) is 12.2 Å². The van der Waals surface area contributed by atoms with Gasteiger partial charge < -0.3 is 4.90 Å². The predicted octanol–water partition coefficient (Wildman–Crippen LogP) is 4.70. The number of benzene rings is 2. The molecular weight excluding hydrogens is 346 g/mol. The summed E-state index contributed by atoms with van der Waals surface area (Å²) in [6.45, 7) is 0.284. The molecule has 1 fully saturated rings. The number of halogens is 2. The average Bonchev–Trinajstić information content (AvgIpc) is 3.48. The van der Waals surface area contributed by atoms with E-state index in [1.807, 2.05) is 18.2 Å². The van der Waals surface area contributed by atoms with E-state index in [1.165, 1.54) is 18.2 Å². The summed E-state index contributed by atoms with van der Waals surface area (Å²) < 4.78 is 27.4. The third-order valence-corrected chi connectivity index (χ3v) is 4.86. The first kappa shape index (κ1) is 17.3. The Morgan fingerprint density at radius 1 is 1.00 bits per heavy atom. The zero-order valence-electron chi connectivity index (χ0n) is 14.6. The van der Waals surface area contributed by atoms with E-state index in [9.17, 15) is 13.6 Å². The molecule has 0 spiro atoms. The van der Waals surface area contributed by atoms with Crippen molar-refractivity contribution in [2.75, 3.05) is 4.90 Å². The Kier molecular flexibility index (Phi) is 4.67. The molecule has 2 aromatic carbocycles. The smallest absolute Gasteiger partial charge is 0.231 e. The molecule has 0 aliphatic heterocycles. The second kappa shape index (κ2) is 7.27. The van der Waals surface area contributed by atoms with Crippen LogP contribution in [0.3, 0.4) is 0 Å². The standard InChI is InChI=1S/C22H18F2N2O/c23-15-8-10-17(11-9-15)26(14-16-5-3-4-12-25-16)22(27)20-13-19(20)18-6-1-2-7-21(18)24/h1-12,19-20H,13-14H2/t19-,20-/m1/s1. The maximum Gasteiger partial charge on any atom is 0.231 e. The van der Waals surface area contributed by atoms with Crippen molar-refractivity contribution in [2.45, 2.75) is 18.9 Å². The number of nitrogens with zero attached hydrogens (tertiary/aromatic N) is 2. The Balaban J connectivity index is 1.60. The van der Waals surface area contributed by atoms with Crippen LogP contribution in [-0.2, 0) is 11.3 Å². The Labute approximate surface area is 156 Å². The number of aromatic nitrogens is 1. The molecular formula is C22H18F2N2O. The van der Waals surface area contributed by atoms with Crippen molar-refractivity contribution in [3.63, 3.8) is 0 Å². The Hall–Kier alpha value is -3.08. The molecule has 1 aliphatic carbocycles. The summed E-state index contributed by atoms with van der Waals surface area (Å²) in [6.07, 6.45) is 2.28. The fourth-order valence-corrected chi connectivity index (χ4v) is 3.36. The van der Waals surface area contributed by atoms with E-state index in [0.717, 1.165) is 5.69 Å². The van der Waals surface area contributed by atoms with E-state index in [2.05, 4.69) is 4.98 Å². The highest BCUT2D eigenvalue weighted by atomic mass is 19.1. The number of rotatable bonds is 5. The van der Waals surface area contributed by atoms with Gasteiger partial charge in [0, 0.05) is 17.8 Å². The predicted molar refractivity (Wildman–Crippen MR) is 99.1 cm³/mol. The van der Waals surface area contributed by atoms with Crippen LogP contribution in [0, 0.1) is 17.6 Å². The van der Waals surface area contributed by atoms with Crippen molar-refractivity contribution in [3.8, 4) is 0 Å². The number of hydrogen-bond donors (Lipinski definition) is 0. The van der Waals surface area contributed by atoms with Gasteiger partial charge in [-0.2, -0.15) is 0 Å². The van der Waals surface area contributed by atoms with E-state index in [0.29, 0.717) is 17.7 Å². The zero-order chi connectivity index (χ0) is 18.8. The minimum Gasteiger partial charge on any atom is -0.306 e. The molecule has 1 aliphatic rings. The Morgan fingerprint density at radius 3 is 2.44 bits per heavy atom. The molecule has 1 heterocycles. The van der Waals surface area contributed by atoms with Crippen molar-refractivity contribution >= 4 is 11.6 Å². The van der Waals surface area contributed by atoms with E-state index >= 15 is 0 Å². The number of carbonyl (C=O) groups is 1. The summed E-state index contributed by atoms with van der Waals surface area (Å²) in [5, 5.41) is 0. The van der Waals surface area contributed by atoms with Crippen LogP contribution < -0.4 is 4.90 Å². The van der Waals surface area contributed by atoms with Gasteiger partial charge in [-0.25, -0.2) is 8.78 Å². The monoisotopic (exact) mass is 364 g/mol. The topological polar surface area (TPSA) is 33.2 Å². The average molecular weight is 364 g/mol. The molecule has 1 saturated carbocycles. The van der Waals surface area contributed by atoms with Crippen LogP contribution in [0.5, 0.6) is 0 Å². The van der Waals surface area contributed by atoms with Crippen LogP contribution in [0.1, 0.15) is 23.6 Å². The highest BCUT2D eigenvalue weighted by Gasteiger charge is 2.47. The number of pyridine rings is 1. The lowest BCUT2D eigenvalue weighted by molar-refractivity contribution is -0.120. The van der Waals surface area contributed by atoms with Crippen molar-refractivity contribution < 1.29 is 13.6 Å². The highest BCUT2D eigenvalue weighted by molar-refractivity contribution is 5.97. The number of carbonyl (C=O) groups excluding carboxylic acids is 1. The molecule has 1 amide bonds. The number of anilines is 1. The maximum atomic E-state index is 14.1. The molecule has 1 aromatic heterocycles. The van der Waals surface area contributed by atoms with Gasteiger partial charge in [0.25, 0.3) is 0 Å². The van der Waals surface area contributed by atoms with E-state index in [4.69, 9.17) is 0 Å². The molecule has 136 valence electrons. The highest BCUT2D eigenvalue weighted by Crippen LogP contribution is 2.49. The summed E-state index contributed by atoms with van der Waals surface area (Å²) in [4.78, 5) is 19.1. The fourth-order valence-electron chi connectivity index (χ4n) is 3.36. The molecule has 2 atom stereocenters. The first-order valence-corrected chi connectivity index (χ1v) is 8.85. The maximum absolute atomic E-state index is 14.1. The lowest BCUT2D eigenvalue weighted by Gasteiger charge is -2.23. The van der Waals surface area contributed by atoms with Gasteiger partial charge in [0.2, 0.25) is 5.91 Å². The summed E-state index contributed by atoms with van der Waals surface area (Å²) in [6, 6.07) is 17.9. The molecule has 4 rings (SSSR count). The van der Waals surface area contributed by atoms with Crippen molar-refractivity contribution in [3.05, 3.63) is 95.8 Å². The third kappa shape index (κ3) is 3.72. The second-order valence-electron chi connectivity index (χ2n) is 6.69. The molecule has 0 bridgehead atoms. The molecule has 0 unspecified atom stereocenters. The Bertz CT molecular complexity index is 944.